The van der Waals surface area contributed by atoms with E-state index in [0.29, 0.717) is 22.8 Å². The summed E-state index contributed by atoms with van der Waals surface area (Å²) in [6.45, 7) is 2.09. The molecule has 4 aliphatic rings. The van der Waals surface area contributed by atoms with E-state index >= 15 is 0 Å². The van der Waals surface area contributed by atoms with Crippen molar-refractivity contribution in [3.8, 4) is 5.75 Å². The number of aromatic nitrogens is 2. The van der Waals surface area contributed by atoms with Crippen molar-refractivity contribution in [1.29, 1.82) is 0 Å². The number of carbonyl (C=O) groups is 1. The molecule has 0 radical (unpaired) electrons. The molecule has 4 aliphatic carbocycles. The zero-order chi connectivity index (χ0) is 22.6. The number of fused-ring (bicyclic) bond motifs is 1. The van der Waals surface area contributed by atoms with Crippen LogP contribution in [0.2, 0.25) is 0 Å². The van der Waals surface area contributed by atoms with E-state index in [-0.39, 0.29) is 23.5 Å². The van der Waals surface area contributed by atoms with Crippen LogP contribution in [0.5, 0.6) is 5.75 Å². The van der Waals surface area contributed by atoms with E-state index in [9.17, 15) is 9.59 Å². The fourth-order valence-electron chi connectivity index (χ4n) is 6.87. The van der Waals surface area contributed by atoms with Crippen LogP contribution in [0.25, 0.3) is 5.65 Å². The lowest BCUT2D eigenvalue weighted by molar-refractivity contribution is -0.140. The minimum absolute atomic E-state index is 0.134. The van der Waals surface area contributed by atoms with Gasteiger partial charge in [-0.2, -0.15) is 0 Å². The van der Waals surface area contributed by atoms with Crippen molar-refractivity contribution in [2.75, 3.05) is 5.32 Å². The van der Waals surface area contributed by atoms with Gasteiger partial charge in [-0.15, -0.1) is 0 Å². The Morgan fingerprint density at radius 1 is 1.09 bits per heavy atom. The molecule has 6 heteroatoms. The molecule has 2 aromatic heterocycles. The van der Waals surface area contributed by atoms with Crippen molar-refractivity contribution in [3.63, 3.8) is 0 Å². The highest BCUT2D eigenvalue weighted by Gasteiger charge is 2.54. The summed E-state index contributed by atoms with van der Waals surface area (Å²) < 4.78 is 7.60. The van der Waals surface area contributed by atoms with Gasteiger partial charge in [-0.05, 0) is 87.0 Å². The fourth-order valence-corrected chi connectivity index (χ4v) is 6.87. The van der Waals surface area contributed by atoms with Crippen LogP contribution < -0.4 is 15.6 Å². The Bertz CT molecular complexity index is 1260. The molecule has 170 valence electrons. The Labute approximate surface area is 193 Å². The Hall–Kier alpha value is -3.15. The molecule has 1 aromatic carbocycles. The number of carbonyl (C=O) groups excluding carboxylic acids is 1. The molecule has 0 saturated heterocycles. The lowest BCUT2D eigenvalue weighted by Gasteiger charge is -2.55. The maximum atomic E-state index is 13.5. The van der Waals surface area contributed by atoms with Gasteiger partial charge in [0.05, 0.1) is 16.8 Å². The lowest BCUT2D eigenvalue weighted by Crippen LogP contribution is -2.51. The molecule has 2 heterocycles. The first-order chi connectivity index (χ1) is 16.0. The largest absolute Gasteiger partial charge is 0.485 e. The van der Waals surface area contributed by atoms with Crippen LogP contribution in [0.4, 0.5) is 5.69 Å². The van der Waals surface area contributed by atoms with E-state index in [1.165, 1.54) is 25.3 Å². The number of benzene rings is 1. The van der Waals surface area contributed by atoms with E-state index < -0.39 is 0 Å². The number of hydrogen-bond donors (Lipinski definition) is 1. The molecule has 33 heavy (non-hydrogen) atoms. The van der Waals surface area contributed by atoms with E-state index in [0.717, 1.165) is 42.6 Å². The fraction of sp³-hybridized carbons (Fsp3) is 0.444. The second-order valence-electron chi connectivity index (χ2n) is 10.4. The van der Waals surface area contributed by atoms with Gasteiger partial charge in [0.15, 0.2) is 0 Å². The van der Waals surface area contributed by atoms with E-state index in [1.54, 1.807) is 10.6 Å². The predicted octanol–water partition coefficient (Wildman–Crippen LogP) is 4.74. The van der Waals surface area contributed by atoms with Crippen molar-refractivity contribution in [2.24, 2.45) is 23.2 Å². The summed E-state index contributed by atoms with van der Waals surface area (Å²) in [4.78, 5) is 30.6. The molecule has 4 saturated carbocycles. The highest BCUT2D eigenvalue weighted by Crippen LogP contribution is 2.60. The van der Waals surface area contributed by atoms with Crippen molar-refractivity contribution in [2.45, 2.75) is 52.1 Å². The third-order valence-electron chi connectivity index (χ3n) is 7.97. The normalized spacial score (nSPS) is 27.6. The summed E-state index contributed by atoms with van der Waals surface area (Å²) >= 11 is 0. The summed E-state index contributed by atoms with van der Waals surface area (Å²) in [6.07, 6.45) is 8.73. The van der Waals surface area contributed by atoms with Crippen molar-refractivity contribution < 1.29 is 9.53 Å². The number of hydrogen-bond acceptors (Lipinski definition) is 4. The molecular weight excluding hydrogens is 414 g/mol. The third-order valence-corrected chi connectivity index (χ3v) is 7.97. The van der Waals surface area contributed by atoms with Crippen LogP contribution in [-0.4, -0.2) is 15.3 Å². The minimum atomic E-state index is -0.214. The average molecular weight is 444 g/mol. The zero-order valence-corrected chi connectivity index (χ0v) is 18.9. The molecular formula is C27H29N3O3. The topological polar surface area (TPSA) is 72.7 Å². The maximum Gasteiger partial charge on any atom is 0.258 e. The quantitative estimate of drug-likeness (QED) is 0.618. The molecule has 0 aliphatic heterocycles. The monoisotopic (exact) mass is 443 g/mol. The van der Waals surface area contributed by atoms with Gasteiger partial charge in [0.25, 0.3) is 5.56 Å². The molecule has 0 atom stereocenters. The van der Waals surface area contributed by atoms with E-state index in [2.05, 4.69) is 10.3 Å². The number of pyridine rings is 1. The Kier molecular flexibility index (Phi) is 4.78. The molecule has 7 rings (SSSR count). The molecule has 1 N–H and O–H groups in total. The number of ether oxygens (including phenoxy) is 1. The number of nitrogens with one attached hydrogen (secondary N) is 1. The first-order valence-corrected chi connectivity index (χ1v) is 12.0. The Balaban J connectivity index is 1.21. The van der Waals surface area contributed by atoms with Crippen LogP contribution >= 0.6 is 0 Å². The van der Waals surface area contributed by atoms with Crippen LogP contribution in [0.3, 0.4) is 0 Å². The predicted molar refractivity (Wildman–Crippen MR) is 126 cm³/mol. The lowest BCUT2D eigenvalue weighted by atomic mass is 9.49. The van der Waals surface area contributed by atoms with Gasteiger partial charge >= 0.3 is 0 Å². The van der Waals surface area contributed by atoms with Crippen LogP contribution in [0.1, 0.15) is 49.8 Å². The van der Waals surface area contributed by atoms with Gasteiger partial charge in [-0.3, -0.25) is 14.0 Å². The maximum absolute atomic E-state index is 13.5. The van der Waals surface area contributed by atoms with Crippen molar-refractivity contribution in [1.82, 2.24) is 9.38 Å². The summed E-state index contributed by atoms with van der Waals surface area (Å²) in [6, 6.07) is 12.8. The molecule has 3 aromatic rings. The number of nitrogens with zero attached hydrogens (tertiary/aromatic N) is 2. The SMILES string of the molecule is Cc1cccn2c(=O)cc(COc3ccccc3NC(=O)C34CC5CC(CC(C5)C3)C4)nc12. The van der Waals surface area contributed by atoms with E-state index in [1.807, 2.05) is 43.3 Å². The van der Waals surface area contributed by atoms with Gasteiger partial charge in [0.1, 0.15) is 18.0 Å². The van der Waals surface area contributed by atoms with Crippen LogP contribution in [0, 0.1) is 30.1 Å². The summed E-state index contributed by atoms with van der Waals surface area (Å²) in [7, 11) is 0. The number of anilines is 1. The van der Waals surface area contributed by atoms with Gasteiger partial charge in [0.2, 0.25) is 5.91 Å². The molecule has 4 bridgehead atoms. The standard InChI is InChI=1S/C27H29N3O3/c1-17-5-4-8-30-24(31)12-21(28-25(17)30)16-33-23-7-3-2-6-22(23)29-26(32)27-13-18-9-19(14-27)11-20(10-18)15-27/h2-8,12,18-20H,9-11,13-16H2,1H3,(H,29,32). The van der Waals surface area contributed by atoms with Crippen LogP contribution in [-0.2, 0) is 11.4 Å². The van der Waals surface area contributed by atoms with Gasteiger partial charge in [-0.25, -0.2) is 4.98 Å². The van der Waals surface area contributed by atoms with Gasteiger partial charge in [0, 0.05) is 12.3 Å². The summed E-state index contributed by atoms with van der Waals surface area (Å²) in [5.41, 5.74) is 2.47. The summed E-state index contributed by atoms with van der Waals surface area (Å²) in [5, 5.41) is 3.20. The smallest absolute Gasteiger partial charge is 0.258 e. The number of amides is 1. The van der Waals surface area contributed by atoms with Crippen LogP contribution in [0.15, 0.2) is 53.5 Å². The number of para-hydroxylation sites is 2. The second kappa shape index (κ2) is 7.72. The number of aryl methyl sites for hydroxylation is 1. The van der Waals surface area contributed by atoms with Gasteiger partial charge in [-0.1, -0.05) is 18.2 Å². The third kappa shape index (κ3) is 3.62. The molecule has 1 amide bonds. The van der Waals surface area contributed by atoms with Gasteiger partial charge < -0.3 is 10.1 Å². The van der Waals surface area contributed by atoms with E-state index in [4.69, 9.17) is 4.74 Å². The first-order valence-electron chi connectivity index (χ1n) is 12.0. The average Bonchev–Trinajstić information content (AvgIpc) is 2.78. The highest BCUT2D eigenvalue weighted by atomic mass is 16.5. The molecule has 6 nitrogen and oxygen atoms in total. The molecule has 4 fully saturated rings. The molecule has 0 unspecified atom stereocenters. The van der Waals surface area contributed by atoms with Crippen molar-refractivity contribution in [3.05, 3.63) is 70.3 Å². The summed E-state index contributed by atoms with van der Waals surface area (Å²) in [5.74, 6) is 2.90. The second-order valence-corrected chi connectivity index (χ2v) is 10.4. The minimum Gasteiger partial charge on any atom is -0.485 e. The zero-order valence-electron chi connectivity index (χ0n) is 18.9. The Morgan fingerprint density at radius 3 is 2.52 bits per heavy atom. The molecule has 0 spiro atoms. The first kappa shape index (κ1) is 20.5. The number of rotatable bonds is 5. The van der Waals surface area contributed by atoms with Crippen molar-refractivity contribution >= 4 is 17.2 Å². The highest BCUT2D eigenvalue weighted by molar-refractivity contribution is 5.96. The Morgan fingerprint density at radius 2 is 1.79 bits per heavy atom.